The van der Waals surface area contributed by atoms with Gasteiger partial charge in [0.15, 0.2) is 0 Å². The van der Waals surface area contributed by atoms with Crippen LogP contribution in [0.4, 0.5) is 5.69 Å². The zero-order valence-electron chi connectivity index (χ0n) is 14.4. The number of benzene rings is 2. The summed E-state index contributed by atoms with van der Waals surface area (Å²) in [4.78, 5) is 12.1. The lowest BCUT2D eigenvalue weighted by Gasteiger charge is -2.16. The van der Waals surface area contributed by atoms with Crippen LogP contribution in [0.5, 0.6) is 5.75 Å². The van der Waals surface area contributed by atoms with Crippen molar-refractivity contribution in [1.82, 2.24) is 0 Å². The van der Waals surface area contributed by atoms with Crippen molar-refractivity contribution in [3.05, 3.63) is 54.1 Å². The molecule has 3 N–H and O–H groups in total. The van der Waals surface area contributed by atoms with Gasteiger partial charge in [0.05, 0.1) is 12.5 Å². The number of rotatable bonds is 6. The minimum Gasteiger partial charge on any atom is -0.489 e. The number of hydrogen-bond donors (Lipinski definition) is 2. The van der Waals surface area contributed by atoms with Gasteiger partial charge in [0.1, 0.15) is 10.6 Å². The molecule has 7 heteroatoms. The molecule has 0 atom stereocenters. The van der Waals surface area contributed by atoms with E-state index >= 15 is 0 Å². The monoisotopic (exact) mass is 374 g/mol. The van der Waals surface area contributed by atoms with E-state index in [1.54, 1.807) is 12.1 Å². The Morgan fingerprint density at radius 3 is 2.46 bits per heavy atom. The molecular weight excluding hydrogens is 352 g/mol. The van der Waals surface area contributed by atoms with E-state index in [1.165, 1.54) is 6.07 Å². The number of anilines is 1. The maximum Gasteiger partial charge on any atom is 0.241 e. The molecule has 1 aliphatic rings. The number of carbonyl (C=O) groups excluding carboxylic acids is 1. The molecule has 1 fully saturated rings. The van der Waals surface area contributed by atoms with E-state index in [1.807, 2.05) is 30.3 Å². The van der Waals surface area contributed by atoms with Crippen molar-refractivity contribution in [3.8, 4) is 5.75 Å². The Balaban J connectivity index is 1.76. The highest BCUT2D eigenvalue weighted by Gasteiger charge is 2.22. The molecule has 138 valence electrons. The van der Waals surface area contributed by atoms with Crippen LogP contribution in [-0.4, -0.2) is 20.4 Å². The largest absolute Gasteiger partial charge is 0.489 e. The quantitative estimate of drug-likeness (QED) is 0.812. The number of sulfonamides is 1. The molecule has 26 heavy (non-hydrogen) atoms. The van der Waals surface area contributed by atoms with Gasteiger partial charge in [0, 0.05) is 5.69 Å². The molecule has 1 saturated carbocycles. The van der Waals surface area contributed by atoms with Crippen LogP contribution in [0.25, 0.3) is 0 Å². The summed E-state index contributed by atoms with van der Waals surface area (Å²) in [6.07, 6.45) is 4.16. The number of hydrogen-bond acceptors (Lipinski definition) is 4. The van der Waals surface area contributed by atoms with Gasteiger partial charge in [-0.1, -0.05) is 30.3 Å². The molecule has 0 heterocycles. The van der Waals surface area contributed by atoms with Crippen LogP contribution < -0.4 is 15.2 Å². The first kappa shape index (κ1) is 18.4. The summed E-state index contributed by atoms with van der Waals surface area (Å²) >= 11 is 0. The fraction of sp³-hybridized carbons (Fsp3) is 0.316. The zero-order valence-corrected chi connectivity index (χ0v) is 15.2. The molecule has 6 nitrogen and oxygen atoms in total. The van der Waals surface area contributed by atoms with Crippen LogP contribution in [0.3, 0.4) is 0 Å². The zero-order chi connectivity index (χ0) is 18.6. The van der Waals surface area contributed by atoms with Gasteiger partial charge in [-0.25, -0.2) is 13.6 Å². The first-order valence-electron chi connectivity index (χ1n) is 8.59. The number of nitrogens with one attached hydrogen (secondary N) is 1. The number of carbonyl (C=O) groups is 1. The van der Waals surface area contributed by atoms with Gasteiger partial charge in [0.2, 0.25) is 15.9 Å². The average Bonchev–Trinajstić information content (AvgIpc) is 3.09. The second kappa shape index (κ2) is 7.88. The minimum atomic E-state index is -3.97. The molecule has 1 aliphatic carbocycles. The predicted molar refractivity (Wildman–Crippen MR) is 99.5 cm³/mol. The summed E-state index contributed by atoms with van der Waals surface area (Å²) in [5, 5.41) is 8.04. The van der Waals surface area contributed by atoms with E-state index in [-0.39, 0.29) is 29.1 Å². The van der Waals surface area contributed by atoms with Gasteiger partial charge in [-0.3, -0.25) is 4.79 Å². The normalized spacial score (nSPS) is 15.0. The number of primary sulfonamides is 1. The van der Waals surface area contributed by atoms with Gasteiger partial charge < -0.3 is 10.1 Å². The molecule has 0 bridgehead atoms. The second-order valence-electron chi connectivity index (χ2n) is 6.44. The minimum absolute atomic E-state index is 0.00835. The molecule has 0 aromatic heterocycles. The lowest BCUT2D eigenvalue weighted by molar-refractivity contribution is -0.115. The third-order valence-corrected chi connectivity index (χ3v) is 5.27. The Morgan fingerprint density at radius 2 is 1.81 bits per heavy atom. The van der Waals surface area contributed by atoms with Gasteiger partial charge in [-0.2, -0.15) is 0 Å². The molecule has 1 amide bonds. The highest BCUT2D eigenvalue weighted by molar-refractivity contribution is 7.89. The van der Waals surface area contributed by atoms with E-state index < -0.39 is 10.0 Å². The summed E-state index contributed by atoms with van der Waals surface area (Å²) in [5.74, 6) is 0.00138. The molecule has 0 spiro atoms. The fourth-order valence-corrected chi connectivity index (χ4v) is 3.77. The van der Waals surface area contributed by atoms with Crippen LogP contribution in [0, 0.1) is 0 Å². The maximum absolute atomic E-state index is 12.2. The Bertz CT molecular complexity index is 876. The summed E-state index contributed by atoms with van der Waals surface area (Å²) < 4.78 is 29.7. The third kappa shape index (κ3) is 4.83. The van der Waals surface area contributed by atoms with Crippen LogP contribution in [-0.2, 0) is 21.2 Å². The van der Waals surface area contributed by atoms with Crippen LogP contribution in [0.15, 0.2) is 53.4 Å². The van der Waals surface area contributed by atoms with E-state index in [0.717, 1.165) is 31.2 Å². The number of ether oxygens (including phenoxy) is 1. The summed E-state index contributed by atoms with van der Waals surface area (Å²) in [6.45, 7) is 0. The molecule has 2 aromatic carbocycles. The summed E-state index contributed by atoms with van der Waals surface area (Å²) in [5.41, 5.74) is 1.24. The predicted octanol–water partition coefficient (Wildman–Crippen LogP) is 2.84. The molecule has 0 unspecified atom stereocenters. The number of amides is 1. The Kier molecular flexibility index (Phi) is 5.58. The maximum atomic E-state index is 12.2. The highest BCUT2D eigenvalue weighted by atomic mass is 32.2. The topological polar surface area (TPSA) is 98.5 Å². The van der Waals surface area contributed by atoms with Crippen LogP contribution in [0.1, 0.15) is 31.2 Å². The van der Waals surface area contributed by atoms with Crippen LogP contribution >= 0.6 is 0 Å². The first-order valence-corrected chi connectivity index (χ1v) is 10.1. The number of nitrogens with two attached hydrogens (primary N) is 1. The summed E-state index contributed by atoms with van der Waals surface area (Å²) in [6, 6.07) is 13.8. The van der Waals surface area contributed by atoms with Crippen LogP contribution in [0.2, 0.25) is 0 Å². The Morgan fingerprint density at radius 1 is 1.12 bits per heavy atom. The molecule has 0 aliphatic heterocycles. The van der Waals surface area contributed by atoms with Crippen molar-refractivity contribution in [2.45, 2.75) is 43.1 Å². The van der Waals surface area contributed by atoms with Crippen molar-refractivity contribution in [1.29, 1.82) is 0 Å². The van der Waals surface area contributed by atoms with E-state index in [2.05, 4.69) is 5.32 Å². The molecule has 3 rings (SSSR count). The van der Waals surface area contributed by atoms with Crippen molar-refractivity contribution in [2.75, 3.05) is 5.32 Å². The molecule has 0 radical (unpaired) electrons. The molecule has 2 aromatic rings. The van der Waals surface area contributed by atoms with Crippen molar-refractivity contribution >= 4 is 21.6 Å². The lowest BCUT2D eigenvalue weighted by Crippen LogP contribution is -2.19. The standard InChI is InChI=1S/C19H22N2O4S/c20-26(23,24)18-13-15(10-11-17(18)25-16-8-4-5-9-16)21-19(22)12-14-6-2-1-3-7-14/h1-3,6-7,10-11,13,16H,4-5,8-9,12H2,(H,21,22)(H2,20,23,24). The van der Waals surface area contributed by atoms with E-state index in [9.17, 15) is 13.2 Å². The van der Waals surface area contributed by atoms with Crippen molar-refractivity contribution < 1.29 is 17.9 Å². The lowest BCUT2D eigenvalue weighted by atomic mass is 10.1. The Labute approximate surface area is 153 Å². The SMILES string of the molecule is NS(=O)(=O)c1cc(NC(=O)Cc2ccccc2)ccc1OC1CCCC1. The van der Waals surface area contributed by atoms with Gasteiger partial charge in [-0.05, 0) is 49.4 Å². The van der Waals surface area contributed by atoms with Gasteiger partial charge >= 0.3 is 0 Å². The van der Waals surface area contributed by atoms with E-state index in [0.29, 0.717) is 5.69 Å². The second-order valence-corrected chi connectivity index (χ2v) is 7.97. The Hall–Kier alpha value is -2.38. The van der Waals surface area contributed by atoms with Gasteiger partial charge in [0.25, 0.3) is 0 Å². The van der Waals surface area contributed by atoms with Crippen molar-refractivity contribution in [2.24, 2.45) is 5.14 Å². The molecular formula is C19H22N2O4S. The summed E-state index contributed by atoms with van der Waals surface area (Å²) in [7, 11) is -3.97. The first-order chi connectivity index (χ1) is 12.4. The smallest absolute Gasteiger partial charge is 0.241 e. The van der Waals surface area contributed by atoms with Gasteiger partial charge in [-0.15, -0.1) is 0 Å². The average molecular weight is 374 g/mol. The fourth-order valence-electron chi connectivity index (χ4n) is 3.08. The third-order valence-electron chi connectivity index (χ3n) is 4.34. The van der Waals surface area contributed by atoms with E-state index in [4.69, 9.17) is 9.88 Å². The highest BCUT2D eigenvalue weighted by Crippen LogP contribution is 2.31. The molecule has 0 saturated heterocycles. The van der Waals surface area contributed by atoms with Crippen molar-refractivity contribution in [3.63, 3.8) is 0 Å².